The quantitative estimate of drug-likeness (QED) is 0.780. The van der Waals surface area contributed by atoms with Crippen molar-refractivity contribution in [2.45, 2.75) is 19.8 Å². The van der Waals surface area contributed by atoms with Crippen LogP contribution in [0.15, 0.2) is 41.0 Å². The summed E-state index contributed by atoms with van der Waals surface area (Å²) in [6, 6.07) is 9.93. The van der Waals surface area contributed by atoms with Crippen LogP contribution in [0.3, 0.4) is 0 Å². The molecule has 1 aromatic heterocycles. The first-order valence-corrected chi connectivity index (χ1v) is 7.21. The van der Waals surface area contributed by atoms with E-state index in [0.717, 1.165) is 41.0 Å². The number of anilines is 1. The van der Waals surface area contributed by atoms with Crippen molar-refractivity contribution in [3.8, 4) is 11.3 Å². The monoisotopic (exact) mass is 275 g/mol. The van der Waals surface area contributed by atoms with Crippen LogP contribution in [0, 0.1) is 5.92 Å². The molecule has 1 aliphatic heterocycles. The Balaban J connectivity index is 2.04. The lowest BCUT2D eigenvalue weighted by atomic mass is 9.98. The van der Waals surface area contributed by atoms with E-state index in [1.807, 2.05) is 24.3 Å². The smallest absolute Gasteiger partial charge is 0.135 e. The van der Waals surface area contributed by atoms with Crippen molar-refractivity contribution in [3.05, 3.63) is 41.6 Å². The van der Waals surface area contributed by atoms with Crippen LogP contribution >= 0.6 is 11.6 Å². The number of halogens is 1. The molecule has 100 valence electrons. The van der Waals surface area contributed by atoms with Gasteiger partial charge >= 0.3 is 0 Å². The maximum absolute atomic E-state index is 6.44. The summed E-state index contributed by atoms with van der Waals surface area (Å²) in [6.45, 7) is 4.44. The lowest BCUT2D eigenvalue weighted by Crippen LogP contribution is -2.34. The molecule has 2 nitrogen and oxygen atoms in total. The summed E-state index contributed by atoms with van der Waals surface area (Å²) in [6.07, 6.45) is 4.24. The Morgan fingerprint density at radius 1 is 1.26 bits per heavy atom. The van der Waals surface area contributed by atoms with Gasteiger partial charge in [-0.25, -0.2) is 0 Å². The summed E-state index contributed by atoms with van der Waals surface area (Å²) in [4.78, 5) is 2.40. The van der Waals surface area contributed by atoms with Gasteiger partial charge in [-0.05, 0) is 43.0 Å². The molecule has 3 heteroatoms. The SMILES string of the molecule is CC1CCCN(c2c(Cl)cccc2-c2ccco2)C1. The molecule has 2 heterocycles. The first kappa shape index (κ1) is 12.6. The third-order valence-electron chi connectivity index (χ3n) is 3.75. The summed E-state index contributed by atoms with van der Waals surface area (Å²) in [5, 5.41) is 0.808. The van der Waals surface area contributed by atoms with Crippen molar-refractivity contribution in [1.82, 2.24) is 0 Å². The highest BCUT2D eigenvalue weighted by atomic mass is 35.5. The van der Waals surface area contributed by atoms with Crippen molar-refractivity contribution in [2.75, 3.05) is 18.0 Å². The Hall–Kier alpha value is -1.41. The van der Waals surface area contributed by atoms with Crippen LogP contribution in [-0.4, -0.2) is 13.1 Å². The number of nitrogens with zero attached hydrogens (tertiary/aromatic N) is 1. The van der Waals surface area contributed by atoms with Gasteiger partial charge < -0.3 is 9.32 Å². The summed E-state index contributed by atoms with van der Waals surface area (Å²) in [5.74, 6) is 1.60. The molecule has 2 aromatic rings. The van der Waals surface area contributed by atoms with E-state index < -0.39 is 0 Å². The van der Waals surface area contributed by atoms with E-state index in [2.05, 4.69) is 17.9 Å². The highest BCUT2D eigenvalue weighted by Gasteiger charge is 2.22. The van der Waals surface area contributed by atoms with Gasteiger partial charge in [0.05, 0.1) is 17.0 Å². The van der Waals surface area contributed by atoms with Crippen molar-refractivity contribution in [3.63, 3.8) is 0 Å². The topological polar surface area (TPSA) is 16.4 Å². The fourth-order valence-electron chi connectivity index (χ4n) is 2.86. The van der Waals surface area contributed by atoms with Crippen molar-refractivity contribution in [2.24, 2.45) is 5.92 Å². The number of hydrogen-bond acceptors (Lipinski definition) is 2. The molecule has 1 saturated heterocycles. The number of furan rings is 1. The van der Waals surface area contributed by atoms with E-state index in [-0.39, 0.29) is 0 Å². The molecule has 0 N–H and O–H groups in total. The second kappa shape index (κ2) is 5.30. The first-order valence-electron chi connectivity index (χ1n) is 6.83. The summed E-state index contributed by atoms with van der Waals surface area (Å²) in [5.41, 5.74) is 2.21. The third kappa shape index (κ3) is 2.50. The average Bonchev–Trinajstić information content (AvgIpc) is 2.92. The number of hydrogen-bond donors (Lipinski definition) is 0. The zero-order valence-corrected chi connectivity index (χ0v) is 11.9. The maximum Gasteiger partial charge on any atom is 0.135 e. The van der Waals surface area contributed by atoms with Crippen LogP contribution < -0.4 is 4.90 Å². The zero-order valence-electron chi connectivity index (χ0n) is 11.1. The van der Waals surface area contributed by atoms with Crippen molar-refractivity contribution < 1.29 is 4.42 Å². The van der Waals surface area contributed by atoms with Crippen molar-refractivity contribution >= 4 is 17.3 Å². The Kier molecular flexibility index (Phi) is 3.52. The molecular formula is C16H18ClNO. The molecule has 0 amide bonds. The molecule has 1 unspecified atom stereocenters. The zero-order chi connectivity index (χ0) is 13.2. The van der Waals surface area contributed by atoms with E-state index in [1.165, 1.54) is 12.8 Å². The van der Waals surface area contributed by atoms with Crippen LogP contribution in [0.1, 0.15) is 19.8 Å². The minimum absolute atomic E-state index is 0.717. The predicted octanol–water partition coefficient (Wildman–Crippen LogP) is 4.84. The van der Waals surface area contributed by atoms with Crippen LogP contribution in [0.2, 0.25) is 5.02 Å². The molecule has 1 atom stereocenters. The molecule has 19 heavy (non-hydrogen) atoms. The Morgan fingerprint density at radius 3 is 2.89 bits per heavy atom. The van der Waals surface area contributed by atoms with E-state index in [0.29, 0.717) is 0 Å². The first-order chi connectivity index (χ1) is 9.25. The fourth-order valence-corrected chi connectivity index (χ4v) is 3.15. The van der Waals surface area contributed by atoms with Crippen molar-refractivity contribution in [1.29, 1.82) is 0 Å². The molecule has 1 fully saturated rings. The Morgan fingerprint density at radius 2 is 2.16 bits per heavy atom. The van der Waals surface area contributed by atoms with Crippen LogP contribution in [0.4, 0.5) is 5.69 Å². The third-order valence-corrected chi connectivity index (χ3v) is 4.05. The molecule has 0 spiro atoms. The maximum atomic E-state index is 6.44. The molecule has 0 aliphatic carbocycles. The molecular weight excluding hydrogens is 258 g/mol. The van der Waals surface area contributed by atoms with Gasteiger partial charge in [-0.2, -0.15) is 0 Å². The highest BCUT2D eigenvalue weighted by Crippen LogP contribution is 2.38. The summed E-state index contributed by atoms with van der Waals surface area (Å²) >= 11 is 6.44. The molecule has 0 saturated carbocycles. The standard InChI is InChI=1S/C16H18ClNO/c1-12-5-3-9-18(11-12)16-13(6-2-7-14(16)17)15-8-4-10-19-15/h2,4,6-8,10,12H,3,5,9,11H2,1H3. The molecule has 3 rings (SSSR count). The number of rotatable bonds is 2. The van der Waals surface area contributed by atoms with E-state index >= 15 is 0 Å². The summed E-state index contributed by atoms with van der Waals surface area (Å²) < 4.78 is 5.55. The highest BCUT2D eigenvalue weighted by molar-refractivity contribution is 6.34. The second-order valence-electron chi connectivity index (χ2n) is 5.31. The van der Waals surface area contributed by atoms with Gasteiger partial charge in [-0.15, -0.1) is 0 Å². The number of benzene rings is 1. The van der Waals surface area contributed by atoms with Gasteiger partial charge in [0, 0.05) is 18.7 Å². The largest absolute Gasteiger partial charge is 0.464 e. The van der Waals surface area contributed by atoms with E-state index in [4.69, 9.17) is 16.0 Å². The molecule has 0 bridgehead atoms. The van der Waals surface area contributed by atoms with Gasteiger partial charge in [0.25, 0.3) is 0 Å². The van der Waals surface area contributed by atoms with Crippen LogP contribution in [-0.2, 0) is 0 Å². The average molecular weight is 276 g/mol. The molecule has 1 aromatic carbocycles. The van der Waals surface area contributed by atoms with Crippen LogP contribution in [0.5, 0.6) is 0 Å². The fraction of sp³-hybridized carbons (Fsp3) is 0.375. The minimum Gasteiger partial charge on any atom is -0.464 e. The van der Waals surface area contributed by atoms with Gasteiger partial charge in [0.2, 0.25) is 0 Å². The summed E-state index contributed by atoms with van der Waals surface area (Å²) in [7, 11) is 0. The lowest BCUT2D eigenvalue weighted by molar-refractivity contribution is 0.447. The predicted molar refractivity (Wildman–Crippen MR) is 79.8 cm³/mol. The number of piperidine rings is 1. The van der Waals surface area contributed by atoms with Gasteiger partial charge in [-0.3, -0.25) is 0 Å². The van der Waals surface area contributed by atoms with E-state index in [1.54, 1.807) is 6.26 Å². The molecule has 1 aliphatic rings. The number of para-hydroxylation sites is 1. The second-order valence-corrected chi connectivity index (χ2v) is 5.71. The molecule has 0 radical (unpaired) electrons. The van der Waals surface area contributed by atoms with Gasteiger partial charge in [0.1, 0.15) is 5.76 Å². The minimum atomic E-state index is 0.717. The van der Waals surface area contributed by atoms with Gasteiger partial charge in [0.15, 0.2) is 0 Å². The Bertz CT molecular complexity index is 550. The van der Waals surface area contributed by atoms with E-state index in [9.17, 15) is 0 Å². The van der Waals surface area contributed by atoms with Crippen LogP contribution in [0.25, 0.3) is 11.3 Å². The lowest BCUT2D eigenvalue weighted by Gasteiger charge is -2.34. The Labute approximate surface area is 119 Å². The normalized spacial score (nSPS) is 19.7. The van der Waals surface area contributed by atoms with Gasteiger partial charge in [-0.1, -0.05) is 24.6 Å².